The van der Waals surface area contributed by atoms with Crippen LogP contribution in [0.1, 0.15) is 36.8 Å². The summed E-state index contributed by atoms with van der Waals surface area (Å²) in [6.07, 6.45) is 14.9. The second-order valence-electron chi connectivity index (χ2n) is 8.04. The van der Waals surface area contributed by atoms with Gasteiger partial charge in [-0.05, 0) is 85.6 Å². The van der Waals surface area contributed by atoms with Gasteiger partial charge in [-0.25, -0.2) is 0 Å². The van der Waals surface area contributed by atoms with Gasteiger partial charge in [-0.3, -0.25) is 0 Å². The molecule has 0 unspecified atom stereocenters. The first-order valence-corrected chi connectivity index (χ1v) is 14.0. The maximum atomic E-state index is 2.34. The summed E-state index contributed by atoms with van der Waals surface area (Å²) in [5.74, 6) is 0. The number of benzene rings is 2. The third kappa shape index (κ3) is 4.97. The first kappa shape index (κ1) is 18.7. The molecule has 4 atom stereocenters. The summed E-state index contributed by atoms with van der Waals surface area (Å²) >= 11 is 0. The maximum absolute atomic E-state index is 2.34. The van der Waals surface area contributed by atoms with Gasteiger partial charge in [0.05, 0.1) is 0 Å². The third-order valence-corrected chi connectivity index (χ3v) is 13.0. The lowest BCUT2D eigenvalue weighted by atomic mass is 10.1. The van der Waals surface area contributed by atoms with Gasteiger partial charge in [0.25, 0.3) is 0 Å². The van der Waals surface area contributed by atoms with Crippen molar-refractivity contribution >= 4 is 15.8 Å². The zero-order valence-electron chi connectivity index (χ0n) is 15.9. The fourth-order valence-electron chi connectivity index (χ4n) is 4.87. The van der Waals surface area contributed by atoms with Crippen LogP contribution in [-0.2, 0) is 12.8 Å². The van der Waals surface area contributed by atoms with Crippen LogP contribution in [0.4, 0.5) is 0 Å². The normalized spacial score (nSPS) is 28.5. The summed E-state index contributed by atoms with van der Waals surface area (Å²) < 4.78 is 0. The fraction of sp³-hybridized carbons (Fsp3) is 0.500. The molecule has 2 fully saturated rings. The van der Waals surface area contributed by atoms with E-state index in [-0.39, 0.29) is 15.8 Å². The van der Waals surface area contributed by atoms with Gasteiger partial charge in [0.1, 0.15) is 0 Å². The van der Waals surface area contributed by atoms with E-state index in [1.54, 1.807) is 35.8 Å². The van der Waals surface area contributed by atoms with Gasteiger partial charge in [-0.1, -0.05) is 60.7 Å². The SMILES string of the molecule is c1ccc(C[C@@H]2CCC[P@]2CC[P@]2CCC[C@H]2Cc2ccccc2)cc1. The standard InChI is InChI=1S/C24H32P2/c1-3-9-21(10-4-1)19-23-13-7-15-25(23)17-18-26-16-8-14-24(26)20-22-11-5-2-6-12-22/h1-6,9-12,23-24H,7-8,13-20H2/t23-,24-,25-,26+/m0/s1. The molecule has 2 aliphatic heterocycles. The highest BCUT2D eigenvalue weighted by molar-refractivity contribution is 7.62. The van der Waals surface area contributed by atoms with E-state index in [4.69, 9.17) is 0 Å². The average Bonchev–Trinajstić information content (AvgIpc) is 3.31. The van der Waals surface area contributed by atoms with E-state index in [2.05, 4.69) is 60.7 Å². The molecule has 26 heavy (non-hydrogen) atoms. The molecule has 2 aromatic rings. The molecule has 0 bridgehead atoms. The van der Waals surface area contributed by atoms with Gasteiger partial charge in [0.15, 0.2) is 0 Å². The molecular weight excluding hydrogens is 350 g/mol. The Morgan fingerprint density at radius 3 is 1.46 bits per heavy atom. The van der Waals surface area contributed by atoms with Crippen molar-refractivity contribution in [3.8, 4) is 0 Å². The highest BCUT2D eigenvalue weighted by atomic mass is 31.1. The van der Waals surface area contributed by atoms with E-state index in [0.717, 1.165) is 11.3 Å². The zero-order chi connectivity index (χ0) is 17.6. The Balaban J connectivity index is 1.29. The number of hydrogen-bond acceptors (Lipinski definition) is 0. The summed E-state index contributed by atoms with van der Waals surface area (Å²) in [6.45, 7) is 0. The van der Waals surface area contributed by atoms with Gasteiger partial charge in [-0.2, -0.15) is 0 Å². The molecule has 2 aliphatic rings. The minimum absolute atomic E-state index is 0.289. The monoisotopic (exact) mass is 382 g/mol. The van der Waals surface area contributed by atoms with Crippen molar-refractivity contribution in [2.24, 2.45) is 0 Å². The number of hydrogen-bond donors (Lipinski definition) is 0. The Bertz CT molecular complexity index is 595. The van der Waals surface area contributed by atoms with Crippen molar-refractivity contribution in [3.63, 3.8) is 0 Å². The van der Waals surface area contributed by atoms with Gasteiger partial charge in [0, 0.05) is 0 Å². The van der Waals surface area contributed by atoms with Crippen LogP contribution in [0.3, 0.4) is 0 Å². The van der Waals surface area contributed by atoms with Crippen LogP contribution in [0.25, 0.3) is 0 Å². The summed E-state index contributed by atoms with van der Waals surface area (Å²) in [5, 5.41) is 0. The molecule has 0 spiro atoms. The highest BCUT2D eigenvalue weighted by Gasteiger charge is 2.30. The topological polar surface area (TPSA) is 0 Å². The Hall–Kier alpha value is -0.700. The van der Waals surface area contributed by atoms with E-state index >= 15 is 0 Å². The third-order valence-electron chi connectivity index (χ3n) is 6.30. The second kappa shape index (κ2) is 9.48. The maximum Gasteiger partial charge on any atom is -0.0168 e. The Morgan fingerprint density at radius 2 is 1.04 bits per heavy atom. The van der Waals surface area contributed by atoms with Crippen molar-refractivity contribution in [2.75, 3.05) is 24.6 Å². The van der Waals surface area contributed by atoms with Crippen LogP contribution in [0, 0.1) is 0 Å². The van der Waals surface area contributed by atoms with Crippen LogP contribution < -0.4 is 0 Å². The van der Waals surface area contributed by atoms with E-state index in [1.807, 2.05) is 0 Å². The van der Waals surface area contributed by atoms with Crippen LogP contribution in [-0.4, -0.2) is 36.0 Å². The summed E-state index contributed by atoms with van der Waals surface area (Å²) in [4.78, 5) is 0. The number of rotatable bonds is 7. The average molecular weight is 382 g/mol. The molecule has 0 aliphatic carbocycles. The molecule has 138 valence electrons. The summed E-state index contributed by atoms with van der Waals surface area (Å²) in [5.41, 5.74) is 5.16. The minimum atomic E-state index is 0.289. The largest absolute Gasteiger partial charge is 0.103 e. The molecule has 2 heteroatoms. The molecule has 0 amide bonds. The van der Waals surface area contributed by atoms with Crippen LogP contribution in [0.15, 0.2) is 60.7 Å². The minimum Gasteiger partial charge on any atom is -0.103 e. The molecule has 0 nitrogen and oxygen atoms in total. The molecular formula is C24H32P2. The summed E-state index contributed by atoms with van der Waals surface area (Å²) in [6, 6.07) is 22.5. The first-order chi connectivity index (χ1) is 12.9. The zero-order valence-corrected chi connectivity index (χ0v) is 17.7. The van der Waals surface area contributed by atoms with Crippen molar-refractivity contribution in [1.82, 2.24) is 0 Å². The van der Waals surface area contributed by atoms with Crippen molar-refractivity contribution in [2.45, 2.75) is 49.8 Å². The van der Waals surface area contributed by atoms with Crippen LogP contribution in [0.2, 0.25) is 0 Å². The molecule has 0 saturated carbocycles. The van der Waals surface area contributed by atoms with Crippen molar-refractivity contribution < 1.29 is 0 Å². The molecule has 0 aromatic heterocycles. The smallest absolute Gasteiger partial charge is 0.0168 e. The van der Waals surface area contributed by atoms with E-state index in [9.17, 15) is 0 Å². The lowest BCUT2D eigenvalue weighted by Gasteiger charge is -2.25. The molecule has 2 heterocycles. The van der Waals surface area contributed by atoms with Crippen molar-refractivity contribution in [3.05, 3.63) is 71.8 Å². The molecule has 2 aromatic carbocycles. The van der Waals surface area contributed by atoms with Gasteiger partial charge in [-0.15, -0.1) is 15.8 Å². The Labute approximate surface area is 162 Å². The summed E-state index contributed by atoms with van der Waals surface area (Å²) in [7, 11) is 0.579. The fourth-order valence-corrected chi connectivity index (χ4v) is 12.0. The van der Waals surface area contributed by atoms with E-state index < -0.39 is 0 Å². The Morgan fingerprint density at radius 1 is 0.615 bits per heavy atom. The van der Waals surface area contributed by atoms with Gasteiger partial charge >= 0.3 is 0 Å². The van der Waals surface area contributed by atoms with Gasteiger partial charge < -0.3 is 0 Å². The highest BCUT2D eigenvalue weighted by Crippen LogP contribution is 2.57. The predicted octanol–water partition coefficient (Wildman–Crippen LogP) is 6.76. The van der Waals surface area contributed by atoms with Crippen molar-refractivity contribution in [1.29, 1.82) is 0 Å². The van der Waals surface area contributed by atoms with E-state index in [0.29, 0.717) is 0 Å². The van der Waals surface area contributed by atoms with Gasteiger partial charge in [0.2, 0.25) is 0 Å². The second-order valence-corrected chi connectivity index (χ2v) is 13.6. The molecule has 0 radical (unpaired) electrons. The van der Waals surface area contributed by atoms with E-state index in [1.165, 1.54) is 38.5 Å². The molecule has 2 saturated heterocycles. The lowest BCUT2D eigenvalue weighted by Crippen LogP contribution is -2.11. The van der Waals surface area contributed by atoms with Crippen LogP contribution >= 0.6 is 15.8 Å². The molecule has 0 N–H and O–H groups in total. The molecule has 4 rings (SSSR count). The van der Waals surface area contributed by atoms with Crippen LogP contribution in [0.5, 0.6) is 0 Å². The first-order valence-electron chi connectivity index (χ1n) is 10.4. The Kier molecular flexibility index (Phi) is 6.80. The predicted molar refractivity (Wildman–Crippen MR) is 120 cm³/mol. The quantitative estimate of drug-likeness (QED) is 0.464. The lowest BCUT2D eigenvalue weighted by molar-refractivity contribution is 0.772.